The summed E-state index contributed by atoms with van der Waals surface area (Å²) in [7, 11) is 2.04. The van der Waals surface area contributed by atoms with Crippen molar-refractivity contribution >= 4 is 26.8 Å². The number of rotatable bonds is 4. The maximum atomic E-state index is 13.7. The van der Waals surface area contributed by atoms with Crippen LogP contribution in [-0.4, -0.2) is 4.57 Å². The highest BCUT2D eigenvalue weighted by Crippen LogP contribution is 2.20. The number of benzene rings is 2. The molecule has 0 saturated heterocycles. The molecule has 4 heteroatoms. The van der Waals surface area contributed by atoms with Gasteiger partial charge >= 0.3 is 0 Å². The predicted octanol–water partition coefficient (Wildman–Crippen LogP) is 4.37. The van der Waals surface area contributed by atoms with Gasteiger partial charge in [-0.3, -0.25) is 0 Å². The molecule has 0 aliphatic carbocycles. The van der Waals surface area contributed by atoms with Crippen molar-refractivity contribution in [3.63, 3.8) is 0 Å². The van der Waals surface area contributed by atoms with Crippen molar-refractivity contribution < 1.29 is 4.39 Å². The minimum Gasteiger partial charge on any atom is -0.350 e. The SMILES string of the molecule is Cn1cc(CNCc2cc(Br)ccc2F)c2ccccc21. The fourth-order valence-corrected chi connectivity index (χ4v) is 2.99. The zero-order valence-corrected chi connectivity index (χ0v) is 13.3. The van der Waals surface area contributed by atoms with Crippen LogP contribution in [0.2, 0.25) is 0 Å². The van der Waals surface area contributed by atoms with E-state index >= 15 is 0 Å². The molecule has 1 heterocycles. The van der Waals surface area contributed by atoms with Gasteiger partial charge in [-0.05, 0) is 29.8 Å². The molecule has 0 atom stereocenters. The Kier molecular flexibility index (Phi) is 4.08. The highest BCUT2D eigenvalue weighted by Gasteiger charge is 2.06. The Bertz CT molecular complexity index is 780. The van der Waals surface area contributed by atoms with E-state index < -0.39 is 0 Å². The molecule has 0 amide bonds. The number of aromatic nitrogens is 1. The van der Waals surface area contributed by atoms with Crippen LogP contribution >= 0.6 is 15.9 Å². The van der Waals surface area contributed by atoms with Gasteiger partial charge in [0, 0.05) is 47.3 Å². The van der Waals surface area contributed by atoms with Crippen LogP contribution in [0.5, 0.6) is 0 Å². The monoisotopic (exact) mass is 346 g/mol. The fraction of sp³-hybridized carbons (Fsp3) is 0.176. The largest absolute Gasteiger partial charge is 0.350 e. The van der Waals surface area contributed by atoms with Crippen LogP contribution in [0.4, 0.5) is 4.39 Å². The number of nitrogens with one attached hydrogen (secondary N) is 1. The summed E-state index contributed by atoms with van der Waals surface area (Å²) in [5, 5.41) is 4.56. The Labute approximate surface area is 131 Å². The van der Waals surface area contributed by atoms with Gasteiger partial charge in [-0.15, -0.1) is 0 Å². The van der Waals surface area contributed by atoms with Gasteiger partial charge < -0.3 is 9.88 Å². The summed E-state index contributed by atoms with van der Waals surface area (Å²) in [6.45, 7) is 1.22. The predicted molar refractivity (Wildman–Crippen MR) is 87.6 cm³/mol. The molecule has 2 aromatic carbocycles. The minimum atomic E-state index is -0.177. The molecule has 0 spiro atoms. The summed E-state index contributed by atoms with van der Waals surface area (Å²) in [6.07, 6.45) is 2.12. The van der Waals surface area contributed by atoms with E-state index in [0.29, 0.717) is 18.7 Å². The molecule has 3 rings (SSSR count). The number of fused-ring (bicyclic) bond motifs is 1. The lowest BCUT2D eigenvalue weighted by molar-refractivity contribution is 0.588. The van der Waals surface area contributed by atoms with Crippen LogP contribution in [0.3, 0.4) is 0 Å². The summed E-state index contributed by atoms with van der Waals surface area (Å²) in [5.74, 6) is -0.177. The highest BCUT2D eigenvalue weighted by molar-refractivity contribution is 9.10. The number of hydrogen-bond acceptors (Lipinski definition) is 1. The lowest BCUT2D eigenvalue weighted by Gasteiger charge is -2.06. The third kappa shape index (κ3) is 3.01. The first-order valence-electron chi connectivity index (χ1n) is 6.83. The summed E-state index contributed by atoms with van der Waals surface area (Å²) < 4.78 is 16.7. The summed E-state index contributed by atoms with van der Waals surface area (Å²) in [4.78, 5) is 0. The second-order valence-corrected chi connectivity index (χ2v) is 6.04. The molecule has 0 unspecified atom stereocenters. The minimum absolute atomic E-state index is 0.177. The Hall–Kier alpha value is -1.65. The fourth-order valence-electron chi connectivity index (χ4n) is 2.58. The molecule has 0 aliphatic heterocycles. The number of hydrogen-bond donors (Lipinski definition) is 1. The number of halogens is 2. The van der Waals surface area contributed by atoms with Gasteiger partial charge in [-0.1, -0.05) is 34.1 Å². The average molecular weight is 347 g/mol. The van der Waals surface area contributed by atoms with Gasteiger partial charge in [0.25, 0.3) is 0 Å². The van der Waals surface area contributed by atoms with Crippen LogP contribution in [0.1, 0.15) is 11.1 Å². The molecule has 1 aromatic heterocycles. The first-order valence-corrected chi connectivity index (χ1v) is 7.62. The molecule has 3 aromatic rings. The molecule has 108 valence electrons. The topological polar surface area (TPSA) is 17.0 Å². The smallest absolute Gasteiger partial charge is 0.127 e. The molecular formula is C17H16BrFN2. The van der Waals surface area contributed by atoms with E-state index in [9.17, 15) is 4.39 Å². The van der Waals surface area contributed by atoms with Gasteiger partial charge in [0.1, 0.15) is 5.82 Å². The molecule has 21 heavy (non-hydrogen) atoms. The van der Waals surface area contributed by atoms with Crippen LogP contribution in [-0.2, 0) is 20.1 Å². The van der Waals surface area contributed by atoms with E-state index in [1.807, 2.05) is 25.2 Å². The zero-order valence-electron chi connectivity index (χ0n) is 11.7. The van der Waals surface area contributed by atoms with Gasteiger partial charge in [0.05, 0.1) is 0 Å². The number of aryl methyl sites for hydroxylation is 1. The number of para-hydroxylation sites is 1. The molecule has 0 bridgehead atoms. The van der Waals surface area contributed by atoms with E-state index in [2.05, 4.69) is 44.1 Å². The van der Waals surface area contributed by atoms with Crippen LogP contribution in [0.25, 0.3) is 10.9 Å². The molecular weight excluding hydrogens is 331 g/mol. The molecule has 0 radical (unpaired) electrons. The van der Waals surface area contributed by atoms with E-state index in [1.165, 1.54) is 22.5 Å². The Balaban J connectivity index is 1.74. The Morgan fingerprint density at radius 1 is 1.10 bits per heavy atom. The van der Waals surface area contributed by atoms with Gasteiger partial charge in [0.2, 0.25) is 0 Å². The Morgan fingerprint density at radius 2 is 1.86 bits per heavy atom. The van der Waals surface area contributed by atoms with Crippen molar-refractivity contribution in [3.8, 4) is 0 Å². The standard InChI is InChI=1S/C17H16BrFN2/c1-21-11-13(15-4-2-3-5-17(15)21)10-20-9-12-8-14(18)6-7-16(12)19/h2-8,11,20H,9-10H2,1H3. The molecule has 0 saturated carbocycles. The zero-order chi connectivity index (χ0) is 14.8. The lowest BCUT2D eigenvalue weighted by Crippen LogP contribution is -2.13. The van der Waals surface area contributed by atoms with Crippen molar-refractivity contribution in [1.29, 1.82) is 0 Å². The van der Waals surface area contributed by atoms with Crippen LogP contribution in [0.15, 0.2) is 53.1 Å². The molecule has 0 aliphatic rings. The van der Waals surface area contributed by atoms with E-state index in [1.54, 1.807) is 6.07 Å². The normalized spacial score (nSPS) is 11.2. The van der Waals surface area contributed by atoms with E-state index in [-0.39, 0.29) is 5.82 Å². The van der Waals surface area contributed by atoms with Crippen molar-refractivity contribution in [2.24, 2.45) is 7.05 Å². The van der Waals surface area contributed by atoms with Crippen molar-refractivity contribution in [3.05, 3.63) is 70.1 Å². The molecule has 1 N–H and O–H groups in total. The first-order chi connectivity index (χ1) is 10.1. The van der Waals surface area contributed by atoms with Crippen molar-refractivity contribution in [2.45, 2.75) is 13.1 Å². The van der Waals surface area contributed by atoms with E-state index in [0.717, 1.165) is 4.47 Å². The molecule has 0 fully saturated rings. The number of nitrogens with zero attached hydrogens (tertiary/aromatic N) is 1. The van der Waals surface area contributed by atoms with Gasteiger partial charge in [0.15, 0.2) is 0 Å². The molecule has 2 nitrogen and oxygen atoms in total. The quantitative estimate of drug-likeness (QED) is 0.742. The third-order valence-corrected chi connectivity index (χ3v) is 4.11. The van der Waals surface area contributed by atoms with Gasteiger partial charge in [-0.2, -0.15) is 0 Å². The van der Waals surface area contributed by atoms with Gasteiger partial charge in [-0.25, -0.2) is 4.39 Å². The lowest BCUT2D eigenvalue weighted by atomic mass is 10.1. The van der Waals surface area contributed by atoms with E-state index in [4.69, 9.17) is 0 Å². The van der Waals surface area contributed by atoms with Crippen LogP contribution < -0.4 is 5.32 Å². The summed E-state index contributed by atoms with van der Waals surface area (Å²) >= 11 is 3.37. The average Bonchev–Trinajstić information content (AvgIpc) is 2.80. The summed E-state index contributed by atoms with van der Waals surface area (Å²) in [5.41, 5.74) is 3.11. The van der Waals surface area contributed by atoms with Crippen molar-refractivity contribution in [2.75, 3.05) is 0 Å². The Morgan fingerprint density at radius 3 is 2.71 bits per heavy atom. The summed E-state index contributed by atoms with van der Waals surface area (Å²) in [6, 6.07) is 13.3. The maximum absolute atomic E-state index is 13.7. The maximum Gasteiger partial charge on any atom is 0.127 e. The third-order valence-electron chi connectivity index (χ3n) is 3.62. The second-order valence-electron chi connectivity index (χ2n) is 5.12. The van der Waals surface area contributed by atoms with Crippen LogP contribution in [0, 0.1) is 5.82 Å². The second kappa shape index (κ2) is 6.00. The highest BCUT2D eigenvalue weighted by atomic mass is 79.9. The van der Waals surface area contributed by atoms with Crippen molar-refractivity contribution in [1.82, 2.24) is 9.88 Å². The first kappa shape index (κ1) is 14.3.